The number of esters is 1. The van der Waals surface area contributed by atoms with Crippen molar-refractivity contribution in [3.63, 3.8) is 0 Å². The summed E-state index contributed by atoms with van der Waals surface area (Å²) >= 11 is 0. The van der Waals surface area contributed by atoms with E-state index in [2.05, 4.69) is 15.0 Å². The van der Waals surface area contributed by atoms with Gasteiger partial charge in [-0.2, -0.15) is 0 Å². The van der Waals surface area contributed by atoms with Gasteiger partial charge in [0, 0.05) is 18.1 Å². The van der Waals surface area contributed by atoms with E-state index >= 15 is 0 Å². The monoisotopic (exact) mass is 309 g/mol. The van der Waals surface area contributed by atoms with E-state index in [9.17, 15) is 9.59 Å². The highest BCUT2D eigenvalue weighted by Crippen LogP contribution is 2.13. The summed E-state index contributed by atoms with van der Waals surface area (Å²) in [6.07, 6.45) is 3.59. The third-order valence-corrected chi connectivity index (χ3v) is 3.40. The SMILES string of the molecule is COC(=O)c1ccc(NC(=O)c2ccc3nc(C)cn3c2)cc1. The Labute approximate surface area is 132 Å². The number of ether oxygens (including phenoxy) is 1. The molecule has 6 nitrogen and oxygen atoms in total. The second-order valence-electron chi connectivity index (χ2n) is 5.09. The molecule has 0 aliphatic heterocycles. The Morgan fingerprint density at radius 2 is 1.74 bits per heavy atom. The highest BCUT2D eigenvalue weighted by atomic mass is 16.5. The van der Waals surface area contributed by atoms with Crippen LogP contribution in [0, 0.1) is 6.92 Å². The number of carbonyl (C=O) groups is 2. The third-order valence-electron chi connectivity index (χ3n) is 3.40. The summed E-state index contributed by atoms with van der Waals surface area (Å²) in [7, 11) is 1.33. The summed E-state index contributed by atoms with van der Waals surface area (Å²) in [5.41, 5.74) is 3.24. The molecule has 2 aromatic heterocycles. The quantitative estimate of drug-likeness (QED) is 0.755. The molecule has 0 aliphatic rings. The summed E-state index contributed by atoms with van der Waals surface area (Å²) in [6, 6.07) is 10.0. The number of fused-ring (bicyclic) bond motifs is 1. The maximum Gasteiger partial charge on any atom is 0.337 e. The summed E-state index contributed by atoms with van der Waals surface area (Å²) in [5.74, 6) is -0.645. The normalized spacial score (nSPS) is 10.5. The lowest BCUT2D eigenvalue weighted by Crippen LogP contribution is -2.12. The van der Waals surface area contributed by atoms with Crippen LogP contribution >= 0.6 is 0 Å². The highest BCUT2D eigenvalue weighted by molar-refractivity contribution is 6.04. The Hall–Kier alpha value is -3.15. The van der Waals surface area contributed by atoms with Crippen molar-refractivity contribution in [2.45, 2.75) is 6.92 Å². The Morgan fingerprint density at radius 3 is 2.43 bits per heavy atom. The lowest BCUT2D eigenvalue weighted by Gasteiger charge is -2.06. The minimum absolute atomic E-state index is 0.232. The van der Waals surface area contributed by atoms with Crippen molar-refractivity contribution in [3.05, 3.63) is 65.6 Å². The van der Waals surface area contributed by atoms with Crippen LogP contribution in [0.1, 0.15) is 26.4 Å². The number of methoxy groups -OCH3 is 1. The van der Waals surface area contributed by atoms with Crippen molar-refractivity contribution in [1.82, 2.24) is 9.38 Å². The van der Waals surface area contributed by atoms with Gasteiger partial charge < -0.3 is 14.5 Å². The Bertz CT molecular complexity index is 882. The molecule has 1 aromatic carbocycles. The van der Waals surface area contributed by atoms with Crippen LogP contribution in [0.15, 0.2) is 48.8 Å². The third kappa shape index (κ3) is 3.06. The lowest BCUT2D eigenvalue weighted by molar-refractivity contribution is 0.0600. The van der Waals surface area contributed by atoms with Crippen LogP contribution < -0.4 is 5.32 Å². The van der Waals surface area contributed by atoms with Gasteiger partial charge in [0.15, 0.2) is 0 Å². The van der Waals surface area contributed by atoms with Gasteiger partial charge >= 0.3 is 5.97 Å². The van der Waals surface area contributed by atoms with Crippen molar-refractivity contribution >= 4 is 23.2 Å². The van der Waals surface area contributed by atoms with Gasteiger partial charge in [-0.25, -0.2) is 9.78 Å². The number of benzene rings is 1. The smallest absolute Gasteiger partial charge is 0.337 e. The summed E-state index contributed by atoms with van der Waals surface area (Å²) in [6.45, 7) is 1.90. The number of anilines is 1. The van der Waals surface area contributed by atoms with E-state index in [4.69, 9.17) is 0 Å². The minimum atomic E-state index is -0.413. The molecule has 1 N–H and O–H groups in total. The van der Waals surface area contributed by atoms with Gasteiger partial charge in [0.05, 0.1) is 23.9 Å². The van der Waals surface area contributed by atoms with E-state index in [-0.39, 0.29) is 5.91 Å². The van der Waals surface area contributed by atoms with E-state index in [0.717, 1.165) is 11.3 Å². The van der Waals surface area contributed by atoms with Gasteiger partial charge in [-0.1, -0.05) is 0 Å². The zero-order chi connectivity index (χ0) is 16.4. The first kappa shape index (κ1) is 14.8. The fourth-order valence-corrected chi connectivity index (χ4v) is 2.26. The number of aromatic nitrogens is 2. The molecule has 0 saturated heterocycles. The average Bonchev–Trinajstić information content (AvgIpc) is 2.93. The topological polar surface area (TPSA) is 72.7 Å². The minimum Gasteiger partial charge on any atom is -0.465 e. The number of aryl methyl sites for hydroxylation is 1. The number of carbonyl (C=O) groups excluding carboxylic acids is 2. The second kappa shape index (κ2) is 5.92. The van der Waals surface area contributed by atoms with Crippen LogP contribution in [0.2, 0.25) is 0 Å². The van der Waals surface area contributed by atoms with E-state index in [1.54, 1.807) is 42.6 Å². The first-order valence-electron chi connectivity index (χ1n) is 7.02. The van der Waals surface area contributed by atoms with Gasteiger partial charge in [0.1, 0.15) is 5.65 Å². The molecule has 0 saturated carbocycles. The molecule has 6 heteroatoms. The molecular formula is C17H15N3O3. The maximum absolute atomic E-state index is 12.3. The predicted octanol–water partition coefficient (Wildman–Crippen LogP) is 2.68. The van der Waals surface area contributed by atoms with Crippen LogP contribution in [-0.2, 0) is 4.74 Å². The van der Waals surface area contributed by atoms with Crippen molar-refractivity contribution in [3.8, 4) is 0 Å². The summed E-state index contributed by atoms with van der Waals surface area (Å²) < 4.78 is 6.44. The van der Waals surface area contributed by atoms with Crippen molar-refractivity contribution in [2.24, 2.45) is 0 Å². The van der Waals surface area contributed by atoms with Gasteiger partial charge in [-0.05, 0) is 43.3 Å². The molecule has 0 aliphatic carbocycles. The van der Waals surface area contributed by atoms with Crippen LogP contribution in [0.5, 0.6) is 0 Å². The largest absolute Gasteiger partial charge is 0.465 e. The van der Waals surface area contributed by atoms with E-state index in [0.29, 0.717) is 16.8 Å². The molecule has 0 atom stereocenters. The molecule has 3 aromatic rings. The van der Waals surface area contributed by atoms with Crippen LogP contribution in [0.4, 0.5) is 5.69 Å². The second-order valence-corrected chi connectivity index (χ2v) is 5.09. The molecular weight excluding hydrogens is 294 g/mol. The molecule has 0 spiro atoms. The van der Waals surface area contributed by atoms with Crippen LogP contribution in [-0.4, -0.2) is 28.4 Å². The Morgan fingerprint density at radius 1 is 1.04 bits per heavy atom. The van der Waals surface area contributed by atoms with Crippen LogP contribution in [0.25, 0.3) is 5.65 Å². The molecule has 0 bridgehead atoms. The standard InChI is InChI=1S/C17H15N3O3/c1-11-9-20-10-13(5-8-15(20)18-11)16(21)19-14-6-3-12(4-7-14)17(22)23-2/h3-10H,1-2H3,(H,19,21). The number of hydrogen-bond donors (Lipinski definition) is 1. The van der Waals surface area contributed by atoms with Gasteiger partial charge in [-0.3, -0.25) is 4.79 Å². The fraction of sp³-hybridized carbons (Fsp3) is 0.118. The van der Waals surface area contributed by atoms with Crippen molar-refractivity contribution in [2.75, 3.05) is 12.4 Å². The Kier molecular flexibility index (Phi) is 3.80. The molecule has 23 heavy (non-hydrogen) atoms. The van der Waals surface area contributed by atoms with E-state index in [1.807, 2.05) is 17.5 Å². The van der Waals surface area contributed by atoms with Gasteiger partial charge in [0.2, 0.25) is 0 Å². The molecule has 116 valence electrons. The number of imidazole rings is 1. The number of hydrogen-bond acceptors (Lipinski definition) is 4. The van der Waals surface area contributed by atoms with Gasteiger partial charge in [-0.15, -0.1) is 0 Å². The van der Waals surface area contributed by atoms with Crippen molar-refractivity contribution < 1.29 is 14.3 Å². The maximum atomic E-state index is 12.3. The molecule has 0 fully saturated rings. The molecule has 2 heterocycles. The number of rotatable bonds is 3. The Balaban J connectivity index is 1.78. The number of pyridine rings is 1. The van der Waals surface area contributed by atoms with Crippen LogP contribution in [0.3, 0.4) is 0 Å². The molecule has 0 unspecified atom stereocenters. The first-order valence-corrected chi connectivity index (χ1v) is 7.02. The summed E-state index contributed by atoms with van der Waals surface area (Å²) in [5, 5.41) is 2.79. The predicted molar refractivity (Wildman–Crippen MR) is 85.7 cm³/mol. The lowest BCUT2D eigenvalue weighted by atomic mass is 10.2. The van der Waals surface area contributed by atoms with Gasteiger partial charge in [0.25, 0.3) is 5.91 Å². The fourth-order valence-electron chi connectivity index (χ4n) is 2.26. The molecule has 1 amide bonds. The summed E-state index contributed by atoms with van der Waals surface area (Å²) in [4.78, 5) is 28.0. The molecule has 3 rings (SSSR count). The number of amides is 1. The van der Waals surface area contributed by atoms with Crippen molar-refractivity contribution in [1.29, 1.82) is 0 Å². The van der Waals surface area contributed by atoms with E-state index < -0.39 is 5.97 Å². The first-order chi connectivity index (χ1) is 11.1. The zero-order valence-electron chi connectivity index (χ0n) is 12.7. The molecule has 0 radical (unpaired) electrons. The number of nitrogens with zero attached hydrogens (tertiary/aromatic N) is 2. The highest BCUT2D eigenvalue weighted by Gasteiger charge is 2.09. The average molecular weight is 309 g/mol. The zero-order valence-corrected chi connectivity index (χ0v) is 12.7. The number of nitrogens with one attached hydrogen (secondary N) is 1. The van der Waals surface area contributed by atoms with E-state index in [1.165, 1.54) is 7.11 Å².